The van der Waals surface area contributed by atoms with Crippen LogP contribution in [0.15, 0.2) is 23.0 Å². The Morgan fingerprint density at radius 3 is 2.81 bits per heavy atom. The summed E-state index contributed by atoms with van der Waals surface area (Å²) >= 11 is 0. The number of ether oxygens (including phenoxy) is 1. The van der Waals surface area contributed by atoms with Crippen LogP contribution in [0.25, 0.3) is 16.6 Å². The van der Waals surface area contributed by atoms with Crippen LogP contribution in [0, 0.1) is 6.92 Å². The Hall–Kier alpha value is -2.70. The molecule has 0 radical (unpaired) electrons. The van der Waals surface area contributed by atoms with Crippen LogP contribution in [-0.4, -0.2) is 32.0 Å². The number of carbonyl (C=O) groups is 1. The van der Waals surface area contributed by atoms with Crippen LogP contribution in [0.4, 0.5) is 0 Å². The Labute approximate surface area is 119 Å². The van der Waals surface area contributed by atoms with Gasteiger partial charge in [0.1, 0.15) is 0 Å². The zero-order chi connectivity index (χ0) is 15.1. The number of nitrogens with zero attached hydrogens (tertiary/aromatic N) is 4. The molecule has 2 heterocycles. The van der Waals surface area contributed by atoms with E-state index in [1.807, 2.05) is 25.1 Å². The molecule has 0 aliphatic heterocycles. The monoisotopic (exact) mass is 286 g/mol. The summed E-state index contributed by atoms with van der Waals surface area (Å²) in [6.45, 7) is 3.85. The van der Waals surface area contributed by atoms with Crippen LogP contribution in [0.5, 0.6) is 0 Å². The van der Waals surface area contributed by atoms with Gasteiger partial charge in [-0.1, -0.05) is 11.3 Å². The van der Waals surface area contributed by atoms with Gasteiger partial charge in [0.05, 0.1) is 17.6 Å². The molecule has 0 aliphatic rings. The Kier molecular flexibility index (Phi) is 2.97. The van der Waals surface area contributed by atoms with Gasteiger partial charge in [-0.3, -0.25) is 4.79 Å². The fourth-order valence-electron chi connectivity index (χ4n) is 2.33. The quantitative estimate of drug-likeness (QED) is 0.658. The van der Waals surface area contributed by atoms with E-state index >= 15 is 0 Å². The van der Waals surface area contributed by atoms with Crippen molar-refractivity contribution in [1.82, 2.24) is 19.4 Å². The molecule has 0 N–H and O–H groups in total. The third kappa shape index (κ3) is 1.89. The first-order chi connectivity index (χ1) is 10.0. The predicted octanol–water partition coefficient (Wildman–Crippen LogP) is 1.07. The minimum absolute atomic E-state index is 0.0556. The van der Waals surface area contributed by atoms with Crippen LogP contribution >= 0.6 is 0 Å². The zero-order valence-electron chi connectivity index (χ0n) is 12.0. The molecule has 3 rings (SSSR count). The molecule has 0 bridgehead atoms. The maximum absolute atomic E-state index is 12.5. The molecule has 2 aromatic heterocycles. The summed E-state index contributed by atoms with van der Waals surface area (Å²) < 4.78 is 7.80. The number of aromatic nitrogens is 4. The number of hydrogen-bond acceptors (Lipinski definition) is 5. The highest BCUT2D eigenvalue weighted by molar-refractivity contribution is 5.95. The van der Waals surface area contributed by atoms with E-state index in [4.69, 9.17) is 4.74 Å². The van der Waals surface area contributed by atoms with E-state index in [0.29, 0.717) is 5.52 Å². The highest BCUT2D eigenvalue weighted by Crippen LogP contribution is 2.16. The van der Waals surface area contributed by atoms with Gasteiger partial charge < -0.3 is 9.30 Å². The average Bonchev–Trinajstić information content (AvgIpc) is 2.90. The lowest BCUT2D eigenvalue weighted by molar-refractivity contribution is 0.0521. The van der Waals surface area contributed by atoms with Gasteiger partial charge in [-0.25, -0.2) is 9.31 Å². The van der Waals surface area contributed by atoms with Crippen molar-refractivity contribution in [2.45, 2.75) is 13.8 Å². The van der Waals surface area contributed by atoms with Gasteiger partial charge in [-0.2, -0.15) is 0 Å². The molecule has 3 aromatic rings. The van der Waals surface area contributed by atoms with Crippen molar-refractivity contribution < 1.29 is 9.53 Å². The fraction of sp³-hybridized carbons (Fsp3) is 0.286. The van der Waals surface area contributed by atoms with Gasteiger partial charge in [-0.05, 0) is 31.5 Å². The molecule has 108 valence electrons. The van der Waals surface area contributed by atoms with E-state index in [2.05, 4.69) is 10.3 Å². The second kappa shape index (κ2) is 4.69. The highest BCUT2D eigenvalue weighted by atomic mass is 16.5. The number of hydrogen-bond donors (Lipinski definition) is 0. The van der Waals surface area contributed by atoms with Crippen molar-refractivity contribution in [2.24, 2.45) is 7.05 Å². The normalized spacial score (nSPS) is 11.2. The summed E-state index contributed by atoms with van der Waals surface area (Å²) in [5.74, 6) is -0.643. The minimum atomic E-state index is -0.643. The second-order valence-corrected chi connectivity index (χ2v) is 4.78. The molecule has 1 aromatic carbocycles. The van der Waals surface area contributed by atoms with Crippen molar-refractivity contribution >= 4 is 22.5 Å². The molecule has 0 fully saturated rings. The van der Waals surface area contributed by atoms with E-state index in [0.717, 1.165) is 11.1 Å². The standard InChI is InChI=1S/C14H14N4O3/c1-4-21-14(20)11-12-13(19)17(3)10-7-8(2)5-6-9(10)18(12)16-15-11/h5-7H,4H2,1-3H3. The van der Waals surface area contributed by atoms with Crippen molar-refractivity contribution in [2.75, 3.05) is 6.61 Å². The maximum Gasteiger partial charge on any atom is 0.361 e. The zero-order valence-corrected chi connectivity index (χ0v) is 12.0. The first kappa shape index (κ1) is 13.3. The first-order valence-electron chi connectivity index (χ1n) is 6.56. The van der Waals surface area contributed by atoms with Gasteiger partial charge >= 0.3 is 5.97 Å². The molecule has 7 heteroatoms. The topological polar surface area (TPSA) is 78.5 Å². The number of aryl methyl sites for hydroxylation is 2. The number of rotatable bonds is 2. The Bertz CT molecular complexity index is 923. The molecule has 0 spiro atoms. The van der Waals surface area contributed by atoms with Crippen molar-refractivity contribution in [3.8, 4) is 0 Å². The van der Waals surface area contributed by atoms with E-state index in [1.54, 1.807) is 14.0 Å². The molecule has 0 unspecified atom stereocenters. The van der Waals surface area contributed by atoms with Crippen molar-refractivity contribution in [1.29, 1.82) is 0 Å². The first-order valence-corrected chi connectivity index (χ1v) is 6.56. The van der Waals surface area contributed by atoms with Crippen LogP contribution in [0.2, 0.25) is 0 Å². The summed E-state index contributed by atoms with van der Waals surface area (Å²) in [6, 6.07) is 5.65. The minimum Gasteiger partial charge on any atom is -0.461 e. The van der Waals surface area contributed by atoms with Gasteiger partial charge in [-0.15, -0.1) is 5.10 Å². The van der Waals surface area contributed by atoms with Gasteiger partial charge in [0, 0.05) is 7.05 Å². The number of carbonyl (C=O) groups excluding carboxylic acids is 1. The number of benzene rings is 1. The Morgan fingerprint density at radius 2 is 2.10 bits per heavy atom. The molecule has 7 nitrogen and oxygen atoms in total. The van der Waals surface area contributed by atoms with Crippen LogP contribution < -0.4 is 5.56 Å². The van der Waals surface area contributed by atoms with E-state index in [9.17, 15) is 9.59 Å². The summed E-state index contributed by atoms with van der Waals surface area (Å²) in [7, 11) is 1.66. The molecule has 0 aliphatic carbocycles. The Morgan fingerprint density at radius 1 is 1.33 bits per heavy atom. The molecular weight excluding hydrogens is 272 g/mol. The van der Waals surface area contributed by atoms with Gasteiger partial charge in [0.2, 0.25) is 5.69 Å². The summed E-state index contributed by atoms with van der Waals surface area (Å²) in [5, 5.41) is 7.75. The van der Waals surface area contributed by atoms with E-state index < -0.39 is 5.97 Å². The average molecular weight is 286 g/mol. The third-order valence-electron chi connectivity index (χ3n) is 3.37. The smallest absolute Gasteiger partial charge is 0.361 e. The summed E-state index contributed by atoms with van der Waals surface area (Å²) in [5.41, 5.74) is 2.21. The third-order valence-corrected chi connectivity index (χ3v) is 3.37. The van der Waals surface area contributed by atoms with E-state index in [1.165, 1.54) is 9.08 Å². The fourth-order valence-corrected chi connectivity index (χ4v) is 2.33. The molecule has 0 saturated carbocycles. The van der Waals surface area contributed by atoms with Crippen molar-refractivity contribution in [3.05, 3.63) is 39.8 Å². The van der Waals surface area contributed by atoms with Gasteiger partial charge in [0.15, 0.2) is 5.52 Å². The lowest BCUT2D eigenvalue weighted by Crippen LogP contribution is -2.22. The largest absolute Gasteiger partial charge is 0.461 e. The SMILES string of the molecule is CCOC(=O)c1nnn2c1c(=O)n(C)c1cc(C)ccc12. The molecular formula is C14H14N4O3. The summed E-state index contributed by atoms with van der Waals surface area (Å²) in [4.78, 5) is 24.4. The lowest BCUT2D eigenvalue weighted by atomic mass is 10.2. The van der Waals surface area contributed by atoms with E-state index in [-0.39, 0.29) is 23.4 Å². The number of esters is 1. The molecule has 0 saturated heterocycles. The number of fused-ring (bicyclic) bond motifs is 3. The predicted molar refractivity (Wildman–Crippen MR) is 76.4 cm³/mol. The van der Waals surface area contributed by atoms with Crippen LogP contribution in [0.1, 0.15) is 23.0 Å². The molecule has 21 heavy (non-hydrogen) atoms. The van der Waals surface area contributed by atoms with Crippen LogP contribution in [0.3, 0.4) is 0 Å². The Balaban J connectivity index is 2.44. The van der Waals surface area contributed by atoms with Gasteiger partial charge in [0.25, 0.3) is 5.56 Å². The molecule has 0 amide bonds. The van der Waals surface area contributed by atoms with Crippen LogP contribution in [-0.2, 0) is 11.8 Å². The second-order valence-electron chi connectivity index (χ2n) is 4.78. The highest BCUT2D eigenvalue weighted by Gasteiger charge is 2.21. The summed E-state index contributed by atoms with van der Waals surface area (Å²) in [6.07, 6.45) is 0. The van der Waals surface area contributed by atoms with Crippen molar-refractivity contribution in [3.63, 3.8) is 0 Å². The maximum atomic E-state index is 12.5. The lowest BCUT2D eigenvalue weighted by Gasteiger charge is -2.07. The molecule has 0 atom stereocenters.